The number of carbonyl (C=O) groups is 2. The van der Waals surface area contributed by atoms with Crippen LogP contribution in [0.4, 0.5) is 5.69 Å². The van der Waals surface area contributed by atoms with Crippen LogP contribution in [0.15, 0.2) is 72.9 Å². The van der Waals surface area contributed by atoms with Gasteiger partial charge in [0.1, 0.15) is 0 Å². The molecule has 3 aromatic carbocycles. The monoisotopic (exact) mass is 455 g/mol. The number of hydrogen-bond donors (Lipinski definition) is 2. The lowest BCUT2D eigenvalue weighted by molar-refractivity contribution is -0.119. The molecule has 2 N–H and O–H groups in total. The molecule has 2 heterocycles. The van der Waals surface area contributed by atoms with Gasteiger partial charge in [0, 0.05) is 30.0 Å². The van der Waals surface area contributed by atoms with Crippen LogP contribution in [0.1, 0.15) is 33.4 Å². The van der Waals surface area contributed by atoms with E-state index in [-0.39, 0.29) is 11.8 Å². The molecular weight excluding hydrogens is 430 g/mol. The van der Waals surface area contributed by atoms with Crippen molar-refractivity contribution >= 4 is 28.4 Å². The number of benzene rings is 3. The Kier molecular flexibility index (Phi) is 5.45. The average Bonchev–Trinajstić information content (AvgIpc) is 3.33. The molecule has 7 heteroatoms. The molecule has 1 aromatic heterocycles. The number of methoxy groups -OCH3 is 2. The number of fused-ring (bicyclic) bond motifs is 2. The zero-order chi connectivity index (χ0) is 23.8. The molecule has 1 aliphatic rings. The molecule has 2 amide bonds. The first-order chi connectivity index (χ1) is 16.5. The van der Waals surface area contributed by atoms with Crippen LogP contribution in [0.2, 0.25) is 0 Å². The zero-order valence-corrected chi connectivity index (χ0v) is 19.2. The Labute approximate surface area is 197 Å². The molecule has 0 radical (unpaired) electrons. The molecule has 0 spiro atoms. The number of anilines is 1. The lowest BCUT2D eigenvalue weighted by Crippen LogP contribution is -2.44. The second kappa shape index (κ2) is 8.59. The summed E-state index contributed by atoms with van der Waals surface area (Å²) in [6.07, 6.45) is 1.86. The van der Waals surface area contributed by atoms with Crippen LogP contribution < -0.4 is 14.8 Å². The number of aromatic nitrogens is 1. The highest BCUT2D eigenvalue weighted by atomic mass is 16.5. The van der Waals surface area contributed by atoms with E-state index < -0.39 is 12.0 Å². The minimum Gasteiger partial charge on any atom is -0.493 e. The molecule has 0 bridgehead atoms. The summed E-state index contributed by atoms with van der Waals surface area (Å²) in [6.45, 7) is 0. The van der Waals surface area contributed by atoms with Gasteiger partial charge in [-0.3, -0.25) is 9.59 Å². The summed E-state index contributed by atoms with van der Waals surface area (Å²) >= 11 is 0. The number of carbonyl (C=O) groups excluding carboxylic acids is 2. The fraction of sp³-hybridized carbons (Fsp3) is 0.185. The number of aromatic amines is 1. The topological polar surface area (TPSA) is 83.7 Å². The summed E-state index contributed by atoms with van der Waals surface area (Å²) in [4.78, 5) is 31.9. The molecule has 34 heavy (non-hydrogen) atoms. The van der Waals surface area contributed by atoms with Crippen LogP contribution in [0.3, 0.4) is 0 Å². The first-order valence-electron chi connectivity index (χ1n) is 11.0. The van der Waals surface area contributed by atoms with E-state index in [1.54, 1.807) is 38.3 Å². The average molecular weight is 456 g/mol. The van der Waals surface area contributed by atoms with Crippen molar-refractivity contribution in [1.82, 2.24) is 9.88 Å². The van der Waals surface area contributed by atoms with Crippen LogP contribution in [0.25, 0.3) is 10.9 Å². The van der Waals surface area contributed by atoms with Crippen LogP contribution in [-0.2, 0) is 4.79 Å². The van der Waals surface area contributed by atoms with Crippen molar-refractivity contribution in [2.24, 2.45) is 0 Å². The van der Waals surface area contributed by atoms with Gasteiger partial charge in [-0.05, 0) is 52.9 Å². The van der Waals surface area contributed by atoms with Gasteiger partial charge in [-0.15, -0.1) is 0 Å². The SMILES string of the molecule is COc1ccc([C@@H]2[C@H](C(=O)Nc3ccc4cc[nH]c4c3)c3ccccc3C(=O)N2C)cc1OC. The van der Waals surface area contributed by atoms with Gasteiger partial charge in [-0.25, -0.2) is 0 Å². The Morgan fingerprint density at radius 2 is 1.76 bits per heavy atom. The molecule has 0 saturated carbocycles. The summed E-state index contributed by atoms with van der Waals surface area (Å²) in [5, 5.41) is 4.13. The molecule has 1 aliphatic heterocycles. The van der Waals surface area contributed by atoms with Gasteiger partial charge in [-0.1, -0.05) is 30.3 Å². The van der Waals surface area contributed by atoms with E-state index in [9.17, 15) is 9.59 Å². The van der Waals surface area contributed by atoms with Crippen LogP contribution in [-0.4, -0.2) is 43.0 Å². The number of nitrogens with one attached hydrogen (secondary N) is 2. The van der Waals surface area contributed by atoms with E-state index in [1.165, 1.54) is 0 Å². The maximum atomic E-state index is 13.8. The number of ether oxygens (including phenoxy) is 2. The normalized spacial score (nSPS) is 17.4. The highest BCUT2D eigenvalue weighted by Gasteiger charge is 2.42. The summed E-state index contributed by atoms with van der Waals surface area (Å²) < 4.78 is 10.9. The number of amides is 2. The quantitative estimate of drug-likeness (QED) is 0.456. The number of rotatable bonds is 5. The predicted octanol–water partition coefficient (Wildman–Crippen LogP) is 4.73. The molecule has 0 fully saturated rings. The Hall–Kier alpha value is -4.26. The maximum Gasteiger partial charge on any atom is 0.254 e. The van der Waals surface area contributed by atoms with Gasteiger partial charge in [0.15, 0.2) is 11.5 Å². The van der Waals surface area contributed by atoms with Crippen molar-refractivity contribution in [3.8, 4) is 11.5 Å². The van der Waals surface area contributed by atoms with E-state index in [0.717, 1.165) is 16.5 Å². The summed E-state index contributed by atoms with van der Waals surface area (Å²) in [7, 11) is 4.86. The zero-order valence-electron chi connectivity index (χ0n) is 19.2. The van der Waals surface area contributed by atoms with Gasteiger partial charge in [0.25, 0.3) is 5.91 Å². The molecule has 5 rings (SSSR count). The van der Waals surface area contributed by atoms with Gasteiger partial charge >= 0.3 is 0 Å². The van der Waals surface area contributed by atoms with Crippen molar-refractivity contribution < 1.29 is 19.1 Å². The molecular formula is C27H25N3O4. The van der Waals surface area contributed by atoms with Crippen molar-refractivity contribution in [1.29, 1.82) is 0 Å². The fourth-order valence-corrected chi connectivity index (χ4v) is 4.76. The maximum absolute atomic E-state index is 13.8. The third kappa shape index (κ3) is 3.55. The van der Waals surface area contributed by atoms with Crippen molar-refractivity contribution in [3.05, 3.63) is 89.6 Å². The van der Waals surface area contributed by atoms with Gasteiger partial charge in [0.2, 0.25) is 5.91 Å². The van der Waals surface area contributed by atoms with Gasteiger partial charge in [-0.2, -0.15) is 0 Å². The molecule has 2 atom stereocenters. The largest absolute Gasteiger partial charge is 0.493 e. The standard InChI is InChI=1S/C27H25N3O4/c1-30-25(17-9-11-22(33-2)23(14-17)34-3)24(19-6-4-5-7-20(19)27(30)32)26(31)29-18-10-8-16-12-13-28-21(16)15-18/h4-15,24-25,28H,1-3H3,(H,29,31)/t24-,25-/m1/s1. The molecule has 0 aliphatic carbocycles. The summed E-state index contributed by atoms with van der Waals surface area (Å²) in [6, 6.07) is 20.0. The van der Waals surface area contributed by atoms with E-state index in [0.29, 0.717) is 28.3 Å². The summed E-state index contributed by atoms with van der Waals surface area (Å²) in [5.41, 5.74) is 3.63. The summed E-state index contributed by atoms with van der Waals surface area (Å²) in [5.74, 6) is 0.161. The first kappa shape index (κ1) is 21.6. The van der Waals surface area contributed by atoms with Crippen LogP contribution in [0.5, 0.6) is 11.5 Å². The second-order valence-corrected chi connectivity index (χ2v) is 8.31. The number of hydrogen-bond acceptors (Lipinski definition) is 4. The minimum absolute atomic E-state index is 0.132. The molecule has 4 aromatic rings. The number of nitrogens with zero attached hydrogens (tertiary/aromatic N) is 1. The minimum atomic E-state index is -0.628. The molecule has 7 nitrogen and oxygen atoms in total. The van der Waals surface area contributed by atoms with Crippen LogP contribution >= 0.6 is 0 Å². The highest BCUT2D eigenvalue weighted by molar-refractivity contribution is 6.04. The van der Waals surface area contributed by atoms with Crippen molar-refractivity contribution in [2.45, 2.75) is 12.0 Å². The molecule has 172 valence electrons. The van der Waals surface area contributed by atoms with E-state index in [2.05, 4.69) is 10.3 Å². The third-order valence-electron chi connectivity index (χ3n) is 6.43. The molecule has 0 saturated heterocycles. The van der Waals surface area contributed by atoms with Crippen molar-refractivity contribution in [3.63, 3.8) is 0 Å². The van der Waals surface area contributed by atoms with E-state index in [1.807, 2.05) is 60.8 Å². The lowest BCUT2D eigenvalue weighted by Gasteiger charge is -2.40. The Morgan fingerprint density at radius 1 is 0.971 bits per heavy atom. The Morgan fingerprint density at radius 3 is 2.56 bits per heavy atom. The lowest BCUT2D eigenvalue weighted by atomic mass is 9.79. The molecule has 0 unspecified atom stereocenters. The van der Waals surface area contributed by atoms with Gasteiger partial charge < -0.3 is 24.7 Å². The Bertz CT molecular complexity index is 1390. The smallest absolute Gasteiger partial charge is 0.254 e. The Balaban J connectivity index is 1.60. The fourth-order valence-electron chi connectivity index (χ4n) is 4.76. The first-order valence-corrected chi connectivity index (χ1v) is 11.0. The van der Waals surface area contributed by atoms with Crippen molar-refractivity contribution in [2.75, 3.05) is 26.6 Å². The number of likely N-dealkylation sites (N-methyl/N-ethyl adjacent to an activating group) is 1. The van der Waals surface area contributed by atoms with Crippen LogP contribution in [0, 0.1) is 0 Å². The van der Waals surface area contributed by atoms with E-state index >= 15 is 0 Å². The van der Waals surface area contributed by atoms with Gasteiger partial charge in [0.05, 0.1) is 26.2 Å². The van der Waals surface area contributed by atoms with E-state index in [4.69, 9.17) is 9.47 Å². The highest BCUT2D eigenvalue weighted by Crippen LogP contribution is 2.44. The second-order valence-electron chi connectivity index (χ2n) is 8.31. The predicted molar refractivity (Wildman–Crippen MR) is 130 cm³/mol. The number of H-pyrrole nitrogens is 1. The third-order valence-corrected chi connectivity index (χ3v) is 6.43.